The molecule has 2 atom stereocenters. The SMILES string of the molecule is CCn1c([C@@H]2C[C@H](OC)CN2CC(=O)NCc2ccccc2)n[nH]c1=O. The maximum absolute atomic E-state index is 12.4. The number of methoxy groups -OCH3 is 1. The Bertz CT molecular complexity index is 786. The molecular weight excluding hydrogens is 334 g/mol. The Balaban J connectivity index is 1.67. The standard InChI is InChI=1S/C18H25N5O3/c1-3-23-17(20-21-18(23)25)15-9-14(26-2)11-22(15)12-16(24)19-10-13-7-5-4-6-8-13/h4-8,14-15H,3,9-12H2,1-2H3,(H,19,24)(H,21,25)/t14-,15-/m0/s1. The number of likely N-dealkylation sites (tertiary alicyclic amines) is 1. The average molecular weight is 359 g/mol. The molecule has 2 heterocycles. The van der Waals surface area contributed by atoms with Gasteiger partial charge in [0, 0.05) is 26.7 Å². The number of amides is 1. The molecule has 26 heavy (non-hydrogen) atoms. The van der Waals surface area contributed by atoms with Gasteiger partial charge in [-0.15, -0.1) is 0 Å². The predicted molar refractivity (Wildman–Crippen MR) is 96.5 cm³/mol. The van der Waals surface area contributed by atoms with E-state index < -0.39 is 0 Å². The molecule has 8 nitrogen and oxygen atoms in total. The molecule has 1 amide bonds. The number of nitrogens with one attached hydrogen (secondary N) is 2. The smallest absolute Gasteiger partial charge is 0.343 e. The molecule has 8 heteroatoms. The number of hydrogen-bond acceptors (Lipinski definition) is 5. The molecule has 0 aliphatic carbocycles. The third kappa shape index (κ3) is 4.03. The number of ether oxygens (including phenoxy) is 1. The van der Waals surface area contributed by atoms with Crippen molar-refractivity contribution in [1.29, 1.82) is 0 Å². The highest BCUT2D eigenvalue weighted by atomic mass is 16.5. The Hall–Kier alpha value is -2.45. The summed E-state index contributed by atoms with van der Waals surface area (Å²) in [6.07, 6.45) is 0.714. The van der Waals surface area contributed by atoms with Crippen LogP contribution >= 0.6 is 0 Å². The van der Waals surface area contributed by atoms with Crippen molar-refractivity contribution in [2.24, 2.45) is 0 Å². The summed E-state index contributed by atoms with van der Waals surface area (Å²) < 4.78 is 7.09. The highest BCUT2D eigenvalue weighted by Gasteiger charge is 2.37. The third-order valence-corrected chi connectivity index (χ3v) is 4.78. The summed E-state index contributed by atoms with van der Waals surface area (Å²) >= 11 is 0. The molecule has 0 bridgehead atoms. The summed E-state index contributed by atoms with van der Waals surface area (Å²) in [7, 11) is 1.66. The van der Waals surface area contributed by atoms with Gasteiger partial charge < -0.3 is 10.1 Å². The average Bonchev–Trinajstić information content (AvgIpc) is 3.23. The fraction of sp³-hybridized carbons (Fsp3) is 0.500. The lowest BCUT2D eigenvalue weighted by atomic mass is 10.2. The van der Waals surface area contributed by atoms with Gasteiger partial charge in [0.05, 0.1) is 18.7 Å². The van der Waals surface area contributed by atoms with Crippen LogP contribution in [-0.4, -0.2) is 51.9 Å². The Kier molecular flexibility index (Phi) is 5.85. The summed E-state index contributed by atoms with van der Waals surface area (Å²) in [6.45, 7) is 3.80. The van der Waals surface area contributed by atoms with E-state index in [9.17, 15) is 9.59 Å². The van der Waals surface area contributed by atoms with Gasteiger partial charge >= 0.3 is 5.69 Å². The molecule has 1 fully saturated rings. The van der Waals surface area contributed by atoms with E-state index in [2.05, 4.69) is 15.5 Å². The first-order valence-electron chi connectivity index (χ1n) is 8.85. The number of carbonyl (C=O) groups excluding carboxylic acids is 1. The second-order valence-corrected chi connectivity index (χ2v) is 6.43. The number of hydrogen-bond donors (Lipinski definition) is 2. The summed E-state index contributed by atoms with van der Waals surface area (Å²) in [5.41, 5.74) is 0.831. The lowest BCUT2D eigenvalue weighted by Crippen LogP contribution is -2.38. The maximum Gasteiger partial charge on any atom is 0.343 e. The van der Waals surface area contributed by atoms with Crippen molar-refractivity contribution < 1.29 is 9.53 Å². The fourth-order valence-electron chi connectivity index (χ4n) is 3.40. The molecular formula is C18H25N5O3. The van der Waals surface area contributed by atoms with Crippen molar-refractivity contribution in [1.82, 2.24) is 25.0 Å². The van der Waals surface area contributed by atoms with Gasteiger partial charge in [-0.25, -0.2) is 9.89 Å². The van der Waals surface area contributed by atoms with Crippen molar-refractivity contribution in [3.05, 3.63) is 52.2 Å². The number of carbonyl (C=O) groups is 1. The van der Waals surface area contributed by atoms with Crippen molar-refractivity contribution in [2.75, 3.05) is 20.2 Å². The zero-order chi connectivity index (χ0) is 18.5. The van der Waals surface area contributed by atoms with Crippen LogP contribution < -0.4 is 11.0 Å². The number of aromatic nitrogens is 3. The van der Waals surface area contributed by atoms with Crippen LogP contribution in [0.5, 0.6) is 0 Å². The number of H-pyrrole nitrogens is 1. The monoisotopic (exact) mass is 359 g/mol. The van der Waals surface area contributed by atoms with Crippen LogP contribution in [0, 0.1) is 0 Å². The molecule has 3 rings (SSSR count). The van der Waals surface area contributed by atoms with Gasteiger partial charge in [-0.3, -0.25) is 14.3 Å². The third-order valence-electron chi connectivity index (χ3n) is 4.78. The highest BCUT2D eigenvalue weighted by molar-refractivity contribution is 5.78. The van der Waals surface area contributed by atoms with E-state index in [0.29, 0.717) is 31.9 Å². The van der Waals surface area contributed by atoms with E-state index in [1.807, 2.05) is 42.2 Å². The van der Waals surface area contributed by atoms with Crippen LogP contribution in [0.2, 0.25) is 0 Å². The zero-order valence-electron chi connectivity index (χ0n) is 15.1. The molecule has 1 aromatic heterocycles. The Morgan fingerprint density at radius 1 is 1.38 bits per heavy atom. The van der Waals surface area contributed by atoms with E-state index >= 15 is 0 Å². The van der Waals surface area contributed by atoms with E-state index in [1.165, 1.54) is 0 Å². The molecule has 2 aromatic rings. The lowest BCUT2D eigenvalue weighted by molar-refractivity contribution is -0.122. The van der Waals surface area contributed by atoms with Crippen molar-refractivity contribution in [3.8, 4) is 0 Å². The van der Waals surface area contributed by atoms with Crippen LogP contribution in [0.25, 0.3) is 0 Å². The molecule has 1 aliphatic rings. The van der Waals surface area contributed by atoms with E-state index in [0.717, 1.165) is 5.56 Å². The quantitative estimate of drug-likeness (QED) is 0.758. The van der Waals surface area contributed by atoms with Gasteiger partial charge in [-0.05, 0) is 18.9 Å². The van der Waals surface area contributed by atoms with Crippen LogP contribution in [0.1, 0.15) is 30.8 Å². The molecule has 2 N–H and O–H groups in total. The van der Waals surface area contributed by atoms with Gasteiger partial charge in [0.1, 0.15) is 0 Å². The molecule has 140 valence electrons. The minimum Gasteiger partial charge on any atom is -0.380 e. The Morgan fingerprint density at radius 3 is 2.85 bits per heavy atom. The van der Waals surface area contributed by atoms with Crippen LogP contribution in [0.4, 0.5) is 0 Å². The first-order chi connectivity index (χ1) is 12.6. The van der Waals surface area contributed by atoms with E-state index in [-0.39, 0.29) is 30.3 Å². The largest absolute Gasteiger partial charge is 0.380 e. The van der Waals surface area contributed by atoms with Gasteiger partial charge in [-0.2, -0.15) is 5.10 Å². The molecule has 0 saturated carbocycles. The summed E-state index contributed by atoms with van der Waals surface area (Å²) in [4.78, 5) is 26.3. The molecule has 0 radical (unpaired) electrons. The minimum atomic E-state index is -0.225. The predicted octanol–water partition coefficient (Wildman–Crippen LogP) is 0.669. The fourth-order valence-corrected chi connectivity index (χ4v) is 3.40. The van der Waals surface area contributed by atoms with Gasteiger partial charge in [-0.1, -0.05) is 30.3 Å². The second-order valence-electron chi connectivity index (χ2n) is 6.43. The van der Waals surface area contributed by atoms with Crippen molar-refractivity contribution in [3.63, 3.8) is 0 Å². The number of aromatic amines is 1. The van der Waals surface area contributed by atoms with Crippen molar-refractivity contribution >= 4 is 5.91 Å². The van der Waals surface area contributed by atoms with Crippen molar-refractivity contribution in [2.45, 2.75) is 38.6 Å². The topological polar surface area (TPSA) is 92.2 Å². The maximum atomic E-state index is 12.4. The van der Waals surface area contributed by atoms with Gasteiger partial charge in [0.15, 0.2) is 5.82 Å². The van der Waals surface area contributed by atoms with Crippen LogP contribution in [-0.2, 0) is 22.6 Å². The molecule has 0 spiro atoms. The highest BCUT2D eigenvalue weighted by Crippen LogP contribution is 2.31. The minimum absolute atomic E-state index is 0.0130. The number of rotatable bonds is 7. The van der Waals surface area contributed by atoms with Gasteiger partial charge in [0.2, 0.25) is 5.91 Å². The second kappa shape index (κ2) is 8.29. The molecule has 1 saturated heterocycles. The molecule has 1 aromatic carbocycles. The first kappa shape index (κ1) is 18.3. The Morgan fingerprint density at radius 2 is 2.15 bits per heavy atom. The summed E-state index contributed by atoms with van der Waals surface area (Å²) in [5, 5.41) is 9.64. The Labute approximate surface area is 152 Å². The summed E-state index contributed by atoms with van der Waals surface area (Å²) in [6, 6.07) is 9.67. The number of benzene rings is 1. The summed E-state index contributed by atoms with van der Waals surface area (Å²) in [5.74, 6) is 0.601. The lowest BCUT2D eigenvalue weighted by Gasteiger charge is -2.22. The van der Waals surface area contributed by atoms with Gasteiger partial charge in [0.25, 0.3) is 0 Å². The first-order valence-corrected chi connectivity index (χ1v) is 8.85. The van der Waals surface area contributed by atoms with E-state index in [1.54, 1.807) is 11.7 Å². The van der Waals surface area contributed by atoms with Crippen LogP contribution in [0.3, 0.4) is 0 Å². The number of nitrogens with zero attached hydrogens (tertiary/aromatic N) is 3. The molecule has 1 aliphatic heterocycles. The normalized spacial score (nSPS) is 20.4. The van der Waals surface area contributed by atoms with E-state index in [4.69, 9.17) is 4.74 Å². The zero-order valence-corrected chi connectivity index (χ0v) is 15.1. The molecule has 0 unspecified atom stereocenters. The van der Waals surface area contributed by atoms with Crippen LogP contribution in [0.15, 0.2) is 35.1 Å².